The molecule has 1 aromatic carbocycles. The summed E-state index contributed by atoms with van der Waals surface area (Å²) >= 11 is 8.14. The molecular weight excluding hydrogens is 346 g/mol. The lowest BCUT2D eigenvalue weighted by molar-refractivity contribution is 0.0691. The second kappa shape index (κ2) is 6.83. The number of aromatic nitrogens is 3. The highest BCUT2D eigenvalue weighted by Crippen LogP contribution is 2.26. The van der Waals surface area contributed by atoms with Crippen LogP contribution in [0, 0.1) is 6.92 Å². The Bertz CT molecular complexity index is 924. The number of carbonyl (C=O) groups is 1. The molecule has 0 amide bonds. The summed E-state index contributed by atoms with van der Waals surface area (Å²) in [5.74, 6) is 0.701. The summed E-state index contributed by atoms with van der Waals surface area (Å²) in [6.07, 6.45) is 0. The van der Waals surface area contributed by atoms with E-state index in [1.807, 2.05) is 29.7 Å². The molecule has 3 rings (SSSR count). The van der Waals surface area contributed by atoms with Crippen LogP contribution >= 0.6 is 23.4 Å². The highest BCUT2D eigenvalue weighted by Gasteiger charge is 2.14. The third-order valence-corrected chi connectivity index (χ3v) is 4.89. The maximum atomic E-state index is 11.2. The fourth-order valence-corrected chi connectivity index (χ4v) is 3.51. The largest absolute Gasteiger partial charge is 0.477 e. The van der Waals surface area contributed by atoms with Crippen molar-refractivity contribution >= 4 is 40.5 Å². The molecule has 0 aliphatic carbocycles. The van der Waals surface area contributed by atoms with Gasteiger partial charge in [0.05, 0.1) is 6.54 Å². The maximum Gasteiger partial charge on any atom is 0.354 e. The van der Waals surface area contributed by atoms with Crippen LogP contribution in [-0.2, 0) is 6.54 Å². The molecule has 3 aromatic rings. The Morgan fingerprint density at radius 3 is 2.75 bits per heavy atom. The molecule has 0 aliphatic rings. The number of imidazole rings is 1. The van der Waals surface area contributed by atoms with E-state index in [4.69, 9.17) is 16.7 Å². The second-order valence-corrected chi connectivity index (χ2v) is 7.02. The van der Waals surface area contributed by atoms with Crippen molar-refractivity contribution < 1.29 is 9.90 Å². The van der Waals surface area contributed by atoms with Crippen molar-refractivity contribution in [3.05, 3.63) is 52.4 Å². The summed E-state index contributed by atoms with van der Waals surface area (Å²) in [5, 5.41) is 9.83. The monoisotopic (exact) mass is 361 g/mol. The smallest absolute Gasteiger partial charge is 0.354 e. The van der Waals surface area contributed by atoms with Gasteiger partial charge in [-0.05, 0) is 42.5 Å². The lowest BCUT2D eigenvalue weighted by Gasteiger charge is -2.10. The van der Waals surface area contributed by atoms with E-state index in [-0.39, 0.29) is 5.69 Å². The number of carboxylic acids is 1. The molecule has 24 heavy (non-hydrogen) atoms. The van der Waals surface area contributed by atoms with Crippen molar-refractivity contribution in [1.29, 1.82) is 0 Å². The summed E-state index contributed by atoms with van der Waals surface area (Å²) < 4.78 is 1.88. The summed E-state index contributed by atoms with van der Waals surface area (Å²) in [5.41, 5.74) is 2.17. The minimum Gasteiger partial charge on any atom is -0.477 e. The van der Waals surface area contributed by atoms with E-state index >= 15 is 0 Å². The fourth-order valence-electron chi connectivity index (χ4n) is 2.51. The molecule has 0 saturated carbocycles. The zero-order valence-corrected chi connectivity index (χ0v) is 14.9. The lowest BCUT2D eigenvalue weighted by Crippen LogP contribution is -2.06. The first-order valence-electron chi connectivity index (χ1n) is 7.48. The third kappa shape index (κ3) is 3.25. The van der Waals surface area contributed by atoms with E-state index in [9.17, 15) is 4.79 Å². The molecule has 7 heteroatoms. The topological polar surface area (TPSA) is 68.0 Å². The van der Waals surface area contributed by atoms with E-state index in [2.05, 4.69) is 16.9 Å². The molecule has 2 aromatic heterocycles. The first-order chi connectivity index (χ1) is 11.5. The fraction of sp³-hybridized carbons (Fsp3) is 0.235. The molecule has 0 saturated heterocycles. The van der Waals surface area contributed by atoms with Crippen molar-refractivity contribution in [2.24, 2.45) is 0 Å². The van der Waals surface area contributed by atoms with Crippen molar-refractivity contribution in [3.8, 4) is 0 Å². The van der Waals surface area contributed by atoms with Crippen LogP contribution in [0.25, 0.3) is 11.2 Å². The molecular formula is C17H16ClN3O2S. The van der Waals surface area contributed by atoms with Gasteiger partial charge in [0.25, 0.3) is 0 Å². The van der Waals surface area contributed by atoms with Gasteiger partial charge in [0.1, 0.15) is 11.3 Å². The number of thioether (sulfide) groups is 1. The Balaban J connectivity index is 2.02. The summed E-state index contributed by atoms with van der Waals surface area (Å²) in [4.78, 5) is 21.0. The molecule has 0 fully saturated rings. The quantitative estimate of drug-likeness (QED) is 0.688. The second-order valence-electron chi connectivity index (χ2n) is 5.28. The van der Waals surface area contributed by atoms with E-state index < -0.39 is 5.97 Å². The minimum atomic E-state index is -1.05. The number of benzene rings is 1. The van der Waals surface area contributed by atoms with Gasteiger partial charge in [-0.25, -0.2) is 14.8 Å². The minimum absolute atomic E-state index is 0.00411. The van der Waals surface area contributed by atoms with Crippen LogP contribution in [0.5, 0.6) is 0 Å². The van der Waals surface area contributed by atoms with Crippen molar-refractivity contribution in [1.82, 2.24) is 14.5 Å². The van der Waals surface area contributed by atoms with Crippen LogP contribution in [0.2, 0.25) is 5.02 Å². The lowest BCUT2D eigenvalue weighted by atomic mass is 10.2. The Morgan fingerprint density at radius 1 is 1.29 bits per heavy atom. The number of aromatic carboxylic acids is 1. The number of nitrogens with zero attached hydrogens (tertiary/aromatic N) is 3. The normalized spacial score (nSPS) is 11.1. The van der Waals surface area contributed by atoms with Crippen LogP contribution in [0.15, 0.2) is 35.2 Å². The maximum absolute atomic E-state index is 11.2. The highest BCUT2D eigenvalue weighted by molar-refractivity contribution is 7.99. The highest BCUT2D eigenvalue weighted by atomic mass is 35.5. The van der Waals surface area contributed by atoms with E-state index in [1.54, 1.807) is 17.8 Å². The van der Waals surface area contributed by atoms with Crippen LogP contribution in [0.4, 0.5) is 0 Å². The Hall–Kier alpha value is -2.05. The molecule has 0 atom stereocenters. The molecule has 2 heterocycles. The predicted octanol–water partition coefficient (Wildman–Crippen LogP) is 4.25. The molecule has 0 spiro atoms. The first-order valence-corrected chi connectivity index (χ1v) is 8.84. The zero-order valence-electron chi connectivity index (χ0n) is 13.3. The summed E-state index contributed by atoms with van der Waals surface area (Å²) in [6, 6.07) is 9.13. The average Bonchev–Trinajstić information content (AvgIpc) is 2.85. The van der Waals surface area contributed by atoms with Gasteiger partial charge in [0, 0.05) is 9.92 Å². The van der Waals surface area contributed by atoms with Crippen molar-refractivity contribution in [2.75, 3.05) is 5.75 Å². The van der Waals surface area contributed by atoms with Crippen molar-refractivity contribution in [2.45, 2.75) is 25.3 Å². The van der Waals surface area contributed by atoms with Gasteiger partial charge in [-0.15, -0.1) is 11.8 Å². The van der Waals surface area contributed by atoms with Gasteiger partial charge in [-0.3, -0.25) is 0 Å². The standard InChI is InChI=1S/C17H16ClN3O2S/c1-3-24-12-5-4-11(13(18)8-12)9-21-10(2)19-14-6-7-15(17(22)23)20-16(14)21/h4-8H,3,9H2,1-2H3,(H,22,23). The van der Waals surface area contributed by atoms with Gasteiger partial charge in [0.2, 0.25) is 0 Å². The number of pyridine rings is 1. The number of rotatable bonds is 5. The van der Waals surface area contributed by atoms with E-state index in [0.717, 1.165) is 22.0 Å². The number of hydrogen-bond donors (Lipinski definition) is 1. The third-order valence-electron chi connectivity index (χ3n) is 3.67. The van der Waals surface area contributed by atoms with Crippen molar-refractivity contribution in [3.63, 3.8) is 0 Å². The molecule has 124 valence electrons. The van der Waals surface area contributed by atoms with Crippen LogP contribution in [0.3, 0.4) is 0 Å². The number of carboxylic acid groups (broad SMARTS) is 1. The van der Waals surface area contributed by atoms with Gasteiger partial charge in [0.15, 0.2) is 11.3 Å². The average molecular weight is 362 g/mol. The Kier molecular flexibility index (Phi) is 4.78. The zero-order chi connectivity index (χ0) is 17.3. The number of halogens is 1. The Labute approximate surface area is 148 Å². The van der Waals surface area contributed by atoms with Crippen LogP contribution in [0.1, 0.15) is 28.8 Å². The molecule has 0 radical (unpaired) electrons. The van der Waals surface area contributed by atoms with Crippen LogP contribution in [-0.4, -0.2) is 31.4 Å². The Morgan fingerprint density at radius 2 is 2.08 bits per heavy atom. The van der Waals surface area contributed by atoms with Crippen LogP contribution < -0.4 is 0 Å². The summed E-state index contributed by atoms with van der Waals surface area (Å²) in [6.45, 7) is 4.46. The number of aryl methyl sites for hydroxylation is 1. The molecule has 0 bridgehead atoms. The molecule has 0 unspecified atom stereocenters. The number of fused-ring (bicyclic) bond motifs is 1. The van der Waals surface area contributed by atoms with E-state index in [1.165, 1.54) is 6.07 Å². The molecule has 5 nitrogen and oxygen atoms in total. The van der Waals surface area contributed by atoms with Gasteiger partial charge in [-0.2, -0.15) is 0 Å². The van der Waals surface area contributed by atoms with E-state index in [0.29, 0.717) is 22.7 Å². The first kappa shape index (κ1) is 16.8. The van der Waals surface area contributed by atoms with Gasteiger partial charge in [-0.1, -0.05) is 24.6 Å². The SMILES string of the molecule is CCSc1ccc(Cn2c(C)nc3ccc(C(=O)O)nc32)c(Cl)c1. The molecule has 1 N–H and O–H groups in total. The molecule has 0 aliphatic heterocycles. The number of hydrogen-bond acceptors (Lipinski definition) is 4. The van der Waals surface area contributed by atoms with Gasteiger partial charge < -0.3 is 9.67 Å². The summed E-state index contributed by atoms with van der Waals surface area (Å²) in [7, 11) is 0. The predicted molar refractivity (Wildman–Crippen MR) is 96.2 cm³/mol. The van der Waals surface area contributed by atoms with Gasteiger partial charge >= 0.3 is 5.97 Å².